The van der Waals surface area contributed by atoms with Crippen LogP contribution in [0.5, 0.6) is 0 Å². The second-order valence-electron chi connectivity index (χ2n) is 4.44. The minimum Gasteiger partial charge on any atom is -0.480 e. The zero-order valence-corrected chi connectivity index (χ0v) is 11.3. The monoisotopic (exact) mass is 265 g/mol. The predicted molar refractivity (Wildman–Crippen MR) is 63.4 cm³/mol. The van der Waals surface area contributed by atoms with E-state index in [4.69, 9.17) is 5.11 Å². The van der Waals surface area contributed by atoms with Crippen molar-refractivity contribution in [1.29, 1.82) is 0 Å². The van der Waals surface area contributed by atoms with Crippen molar-refractivity contribution in [3.8, 4) is 0 Å². The third kappa shape index (κ3) is 3.99. The normalized spacial score (nSPS) is 14.1. The molecule has 100 valence electrons. The lowest BCUT2D eigenvalue weighted by molar-refractivity contribution is -0.142. The molecule has 0 aromatic carbocycles. The number of nitrogens with one attached hydrogen (secondary N) is 1. The molecule has 0 radical (unpaired) electrons. The quantitative estimate of drug-likeness (QED) is 0.713. The second kappa shape index (κ2) is 5.48. The number of aliphatic carboxylic acids is 1. The number of carbonyl (C=O) groups excluding carboxylic acids is 1. The SMILES string of the molecule is CCC[C@@H](NC(=O)C(C)(C)S(C)(=O)=O)C(=O)O. The zero-order chi connectivity index (χ0) is 13.9. The Kier molecular flexibility index (Phi) is 5.12. The van der Waals surface area contributed by atoms with Gasteiger partial charge in [-0.1, -0.05) is 13.3 Å². The van der Waals surface area contributed by atoms with E-state index in [1.807, 2.05) is 0 Å². The number of carboxylic acid groups (broad SMARTS) is 1. The van der Waals surface area contributed by atoms with E-state index in [-0.39, 0.29) is 6.42 Å². The Morgan fingerprint density at radius 3 is 2.12 bits per heavy atom. The standard InChI is InChI=1S/C10H19NO5S/c1-5-6-7(8(12)13)11-9(14)10(2,3)17(4,15)16/h7H,5-6H2,1-4H3,(H,11,14)(H,12,13)/t7-/m1/s1. The van der Waals surface area contributed by atoms with Gasteiger partial charge in [0.15, 0.2) is 9.84 Å². The van der Waals surface area contributed by atoms with E-state index in [1.165, 1.54) is 13.8 Å². The molecule has 7 heteroatoms. The molecule has 1 amide bonds. The van der Waals surface area contributed by atoms with Gasteiger partial charge in [0.05, 0.1) is 0 Å². The number of hydrogen-bond acceptors (Lipinski definition) is 4. The summed E-state index contributed by atoms with van der Waals surface area (Å²) in [5.41, 5.74) is 0. The molecule has 0 aliphatic carbocycles. The van der Waals surface area contributed by atoms with Gasteiger partial charge in [-0.15, -0.1) is 0 Å². The van der Waals surface area contributed by atoms with Crippen molar-refractivity contribution in [2.75, 3.05) is 6.26 Å². The average Bonchev–Trinajstić information content (AvgIpc) is 2.14. The number of sulfone groups is 1. The predicted octanol–water partition coefficient (Wildman–Crippen LogP) is 0.179. The van der Waals surface area contributed by atoms with Crippen molar-refractivity contribution >= 4 is 21.7 Å². The van der Waals surface area contributed by atoms with Gasteiger partial charge in [-0.2, -0.15) is 0 Å². The number of hydrogen-bond donors (Lipinski definition) is 2. The third-order valence-corrected chi connectivity index (χ3v) is 4.69. The molecule has 0 spiro atoms. The highest BCUT2D eigenvalue weighted by Crippen LogP contribution is 2.15. The number of rotatable bonds is 6. The van der Waals surface area contributed by atoms with Crippen LogP contribution < -0.4 is 5.32 Å². The maximum Gasteiger partial charge on any atom is 0.326 e. The Morgan fingerprint density at radius 2 is 1.82 bits per heavy atom. The van der Waals surface area contributed by atoms with Crippen LogP contribution in [0.3, 0.4) is 0 Å². The first-order chi connectivity index (χ1) is 7.54. The van der Waals surface area contributed by atoms with E-state index in [0.29, 0.717) is 6.42 Å². The van der Waals surface area contributed by atoms with Crippen LogP contribution in [0.15, 0.2) is 0 Å². The molecule has 2 N–H and O–H groups in total. The summed E-state index contributed by atoms with van der Waals surface area (Å²) in [4.78, 5) is 22.6. The summed E-state index contributed by atoms with van der Waals surface area (Å²) in [6.07, 6.45) is 1.79. The minimum absolute atomic E-state index is 0.265. The van der Waals surface area contributed by atoms with Crippen molar-refractivity contribution in [3.05, 3.63) is 0 Å². The number of amides is 1. The lowest BCUT2D eigenvalue weighted by Gasteiger charge is -2.24. The summed E-state index contributed by atoms with van der Waals surface area (Å²) in [7, 11) is -3.59. The van der Waals surface area contributed by atoms with Crippen LogP contribution in [0.4, 0.5) is 0 Å². The van der Waals surface area contributed by atoms with Gasteiger partial charge in [0, 0.05) is 6.26 Å². The molecule has 0 aliphatic rings. The van der Waals surface area contributed by atoms with E-state index < -0.39 is 32.5 Å². The molecular formula is C10H19NO5S. The highest BCUT2D eigenvalue weighted by Gasteiger charge is 2.39. The molecule has 0 saturated heterocycles. The van der Waals surface area contributed by atoms with Crippen molar-refractivity contribution < 1.29 is 23.1 Å². The van der Waals surface area contributed by atoms with Crippen LogP contribution in [0.2, 0.25) is 0 Å². The molecule has 1 atom stereocenters. The van der Waals surface area contributed by atoms with E-state index in [0.717, 1.165) is 6.26 Å². The number of carboxylic acids is 1. The highest BCUT2D eigenvalue weighted by atomic mass is 32.2. The van der Waals surface area contributed by atoms with Gasteiger partial charge in [-0.05, 0) is 20.3 Å². The van der Waals surface area contributed by atoms with Gasteiger partial charge in [-0.25, -0.2) is 13.2 Å². The van der Waals surface area contributed by atoms with E-state index in [1.54, 1.807) is 6.92 Å². The number of carbonyl (C=O) groups is 2. The Morgan fingerprint density at radius 1 is 1.35 bits per heavy atom. The maximum absolute atomic E-state index is 11.7. The van der Waals surface area contributed by atoms with Crippen LogP contribution in [0.1, 0.15) is 33.6 Å². The molecule has 0 aromatic rings. The van der Waals surface area contributed by atoms with Crippen molar-refractivity contribution in [3.63, 3.8) is 0 Å². The fourth-order valence-electron chi connectivity index (χ4n) is 1.05. The Hall–Kier alpha value is -1.11. The van der Waals surface area contributed by atoms with Crippen LogP contribution in [0, 0.1) is 0 Å². The summed E-state index contributed by atoms with van der Waals surface area (Å²) in [6, 6.07) is -1.05. The van der Waals surface area contributed by atoms with Gasteiger partial charge in [-0.3, -0.25) is 4.79 Å². The third-order valence-electron chi connectivity index (χ3n) is 2.65. The summed E-state index contributed by atoms with van der Waals surface area (Å²) in [5.74, 6) is -1.95. The van der Waals surface area contributed by atoms with Gasteiger partial charge in [0.25, 0.3) is 0 Å². The first kappa shape index (κ1) is 15.9. The van der Waals surface area contributed by atoms with E-state index in [2.05, 4.69) is 5.32 Å². The molecule has 0 bridgehead atoms. The topological polar surface area (TPSA) is 101 Å². The zero-order valence-electron chi connectivity index (χ0n) is 10.5. The molecule has 0 unspecified atom stereocenters. The molecule has 0 rings (SSSR count). The Bertz CT molecular complexity index is 399. The first-order valence-electron chi connectivity index (χ1n) is 5.27. The van der Waals surface area contributed by atoms with Crippen LogP contribution in [-0.2, 0) is 19.4 Å². The fourth-order valence-corrected chi connectivity index (χ4v) is 1.44. The lowest BCUT2D eigenvalue weighted by Crippen LogP contribution is -2.52. The van der Waals surface area contributed by atoms with E-state index in [9.17, 15) is 18.0 Å². The fraction of sp³-hybridized carbons (Fsp3) is 0.800. The van der Waals surface area contributed by atoms with Gasteiger partial charge < -0.3 is 10.4 Å². The van der Waals surface area contributed by atoms with Gasteiger partial charge in [0.2, 0.25) is 5.91 Å². The van der Waals surface area contributed by atoms with Crippen LogP contribution in [-0.4, -0.2) is 42.4 Å². The van der Waals surface area contributed by atoms with Crippen LogP contribution >= 0.6 is 0 Å². The van der Waals surface area contributed by atoms with Gasteiger partial charge >= 0.3 is 5.97 Å². The van der Waals surface area contributed by atoms with Gasteiger partial charge in [0.1, 0.15) is 10.8 Å². The Labute approximate surface area is 101 Å². The first-order valence-corrected chi connectivity index (χ1v) is 7.16. The molecule has 0 saturated carbocycles. The average molecular weight is 265 g/mol. The second-order valence-corrected chi connectivity index (χ2v) is 7.00. The lowest BCUT2D eigenvalue weighted by atomic mass is 10.1. The maximum atomic E-state index is 11.7. The Balaban J connectivity index is 4.91. The molecule has 0 aliphatic heterocycles. The van der Waals surface area contributed by atoms with Crippen LogP contribution in [0.25, 0.3) is 0 Å². The smallest absolute Gasteiger partial charge is 0.326 e. The van der Waals surface area contributed by atoms with E-state index >= 15 is 0 Å². The highest BCUT2D eigenvalue weighted by molar-refractivity contribution is 7.92. The van der Waals surface area contributed by atoms with Crippen molar-refractivity contribution in [2.24, 2.45) is 0 Å². The molecule has 17 heavy (non-hydrogen) atoms. The molecule has 0 fully saturated rings. The molecule has 6 nitrogen and oxygen atoms in total. The van der Waals surface area contributed by atoms with Crippen molar-refractivity contribution in [1.82, 2.24) is 5.32 Å². The largest absolute Gasteiger partial charge is 0.480 e. The van der Waals surface area contributed by atoms with Crippen molar-refractivity contribution in [2.45, 2.75) is 44.4 Å². The molecular weight excluding hydrogens is 246 g/mol. The summed E-state index contributed by atoms with van der Waals surface area (Å²) in [6.45, 7) is 4.29. The summed E-state index contributed by atoms with van der Waals surface area (Å²) in [5, 5.41) is 11.1. The minimum atomic E-state index is -3.59. The summed E-state index contributed by atoms with van der Waals surface area (Å²) < 4.78 is 21.2. The molecule has 0 heterocycles. The molecule has 0 aromatic heterocycles. The summed E-state index contributed by atoms with van der Waals surface area (Å²) >= 11 is 0.